The maximum atomic E-state index is 16.5. The summed E-state index contributed by atoms with van der Waals surface area (Å²) in [7, 11) is 0. The highest BCUT2D eigenvalue weighted by Crippen LogP contribution is 2.47. The molecule has 2 atom stereocenters. The summed E-state index contributed by atoms with van der Waals surface area (Å²) < 4.78 is 18.0. The molecule has 234 valence electrons. The topological polar surface area (TPSA) is 126 Å². The van der Waals surface area contributed by atoms with Crippen molar-refractivity contribution in [1.82, 2.24) is 39.6 Å². The Morgan fingerprint density at radius 1 is 1.04 bits per heavy atom. The van der Waals surface area contributed by atoms with E-state index < -0.39 is 11.5 Å². The fourth-order valence-corrected chi connectivity index (χ4v) is 6.94. The number of piperazine rings is 1. The summed E-state index contributed by atoms with van der Waals surface area (Å²) in [6.07, 6.45) is 6.81. The van der Waals surface area contributed by atoms with Crippen LogP contribution in [0.5, 0.6) is 0 Å². The molecule has 8 rings (SSSR count). The van der Waals surface area contributed by atoms with E-state index in [4.69, 9.17) is 4.98 Å². The van der Waals surface area contributed by atoms with Gasteiger partial charge in [0.05, 0.1) is 33.7 Å². The summed E-state index contributed by atoms with van der Waals surface area (Å²) in [6, 6.07) is 6.59. The van der Waals surface area contributed by atoms with E-state index in [0.29, 0.717) is 41.2 Å². The predicted octanol–water partition coefficient (Wildman–Crippen LogP) is 4.93. The van der Waals surface area contributed by atoms with Crippen molar-refractivity contribution in [2.75, 3.05) is 18.0 Å². The van der Waals surface area contributed by atoms with E-state index in [-0.39, 0.29) is 35.5 Å². The second kappa shape index (κ2) is 10.5. The number of nitrogens with one attached hydrogen (secondary N) is 1. The first kappa shape index (κ1) is 28.5. The average Bonchev–Trinajstić information content (AvgIpc) is 3.99. The number of aromatic amines is 1. The number of aromatic nitrogens is 7. The molecule has 1 N–H and O–H groups in total. The van der Waals surface area contributed by atoms with Gasteiger partial charge in [-0.15, -0.1) is 0 Å². The third-order valence-corrected chi connectivity index (χ3v) is 9.57. The molecule has 0 radical (unpaired) electrons. The van der Waals surface area contributed by atoms with Crippen LogP contribution in [0.4, 0.5) is 10.2 Å². The Hall–Kier alpha value is -5.00. The number of benzene rings is 1. The summed E-state index contributed by atoms with van der Waals surface area (Å²) in [6.45, 7) is 10.2. The van der Waals surface area contributed by atoms with Crippen molar-refractivity contribution in [2.45, 2.75) is 70.4 Å². The van der Waals surface area contributed by atoms with Crippen LogP contribution in [0.2, 0.25) is 0 Å². The van der Waals surface area contributed by atoms with Gasteiger partial charge >= 0.3 is 5.69 Å². The molecule has 11 nitrogen and oxygen atoms in total. The first-order chi connectivity index (χ1) is 22.2. The minimum Gasteiger partial charge on any atom is -0.349 e. The molecule has 46 heavy (non-hydrogen) atoms. The van der Waals surface area contributed by atoms with Crippen molar-refractivity contribution in [3.05, 3.63) is 76.6 Å². The molecule has 1 aliphatic heterocycles. The van der Waals surface area contributed by atoms with E-state index in [1.807, 2.05) is 43.9 Å². The lowest BCUT2D eigenvalue weighted by Gasteiger charge is -2.44. The normalized spacial score (nSPS) is 20.1. The molecule has 5 aromatic rings. The van der Waals surface area contributed by atoms with Gasteiger partial charge in [-0.25, -0.2) is 28.7 Å². The summed E-state index contributed by atoms with van der Waals surface area (Å²) in [4.78, 5) is 49.7. The van der Waals surface area contributed by atoms with Gasteiger partial charge in [0.15, 0.2) is 5.65 Å². The largest absolute Gasteiger partial charge is 0.355 e. The maximum absolute atomic E-state index is 16.5. The number of H-pyrrole nitrogens is 1. The van der Waals surface area contributed by atoms with E-state index in [1.54, 1.807) is 11.2 Å². The van der Waals surface area contributed by atoms with Crippen LogP contribution in [0.3, 0.4) is 0 Å². The van der Waals surface area contributed by atoms with Crippen molar-refractivity contribution < 1.29 is 9.18 Å². The number of hydrogen-bond donors (Lipinski definition) is 1. The van der Waals surface area contributed by atoms with Gasteiger partial charge in [0.2, 0.25) is 5.91 Å². The summed E-state index contributed by atoms with van der Waals surface area (Å²) in [5, 5.41) is 8.53. The number of hydrogen-bond acceptors (Lipinski definition) is 8. The van der Waals surface area contributed by atoms with Crippen molar-refractivity contribution in [3.63, 3.8) is 0 Å². The molecule has 1 aromatic carbocycles. The number of aryl methyl sites for hydroxylation is 1. The van der Waals surface area contributed by atoms with E-state index in [0.717, 1.165) is 53.7 Å². The Morgan fingerprint density at radius 3 is 2.43 bits per heavy atom. The van der Waals surface area contributed by atoms with E-state index in [1.165, 1.54) is 16.7 Å². The zero-order chi connectivity index (χ0) is 31.9. The quantitative estimate of drug-likeness (QED) is 0.265. The number of carbonyl (C=O) groups excluding carboxylic acids is 1. The van der Waals surface area contributed by atoms with Crippen LogP contribution in [0.1, 0.15) is 68.4 Å². The van der Waals surface area contributed by atoms with Gasteiger partial charge in [0, 0.05) is 48.0 Å². The average molecular weight is 620 g/mol. The van der Waals surface area contributed by atoms with Gasteiger partial charge in [-0.1, -0.05) is 18.7 Å². The number of nitrogens with zero attached hydrogens (tertiary/aromatic N) is 8. The highest BCUT2D eigenvalue weighted by Gasteiger charge is 2.38. The fourth-order valence-electron chi connectivity index (χ4n) is 6.94. The van der Waals surface area contributed by atoms with Crippen molar-refractivity contribution in [1.29, 1.82) is 0 Å². The number of halogens is 1. The van der Waals surface area contributed by atoms with Crippen molar-refractivity contribution in [2.24, 2.45) is 0 Å². The van der Waals surface area contributed by atoms with E-state index in [2.05, 4.69) is 31.7 Å². The summed E-state index contributed by atoms with van der Waals surface area (Å²) in [5.74, 6) is 0.0861. The Kier molecular flexibility index (Phi) is 6.52. The molecule has 3 aliphatic rings. The lowest BCUT2D eigenvalue weighted by Crippen LogP contribution is -2.58. The molecule has 0 bridgehead atoms. The lowest BCUT2D eigenvalue weighted by molar-refractivity contribution is -0.128. The molecule has 1 saturated heterocycles. The third-order valence-electron chi connectivity index (χ3n) is 9.57. The number of amides is 1. The maximum Gasteiger partial charge on any atom is 0.355 e. The monoisotopic (exact) mass is 619 g/mol. The van der Waals surface area contributed by atoms with Crippen LogP contribution in [0, 0.1) is 12.7 Å². The molecule has 4 aromatic heterocycles. The highest BCUT2D eigenvalue weighted by atomic mass is 19.1. The molecular formula is C34H34FN9O2. The van der Waals surface area contributed by atoms with Gasteiger partial charge < -0.3 is 9.80 Å². The van der Waals surface area contributed by atoms with Crippen LogP contribution in [-0.2, 0) is 4.79 Å². The molecule has 5 heterocycles. The van der Waals surface area contributed by atoms with Crippen LogP contribution in [0.25, 0.3) is 38.9 Å². The molecule has 12 heteroatoms. The minimum absolute atomic E-state index is 0.119. The van der Waals surface area contributed by atoms with Crippen LogP contribution < -0.4 is 10.6 Å². The first-order valence-corrected chi connectivity index (χ1v) is 15.9. The smallest absolute Gasteiger partial charge is 0.349 e. The summed E-state index contributed by atoms with van der Waals surface area (Å²) >= 11 is 0. The van der Waals surface area contributed by atoms with Crippen LogP contribution in [-0.4, -0.2) is 70.7 Å². The SMILES string of the molecule is C=CC(=O)N1C[C@H](C)N(c2nc(=O)n(-c3c(C4CC4)ncnc3C3CC3)c3nc(-c4cccc5[nH]nc(C)c45)c(F)cc23)C[C@H]1C. The molecule has 0 spiro atoms. The lowest BCUT2D eigenvalue weighted by atomic mass is 10.0. The Bertz CT molecular complexity index is 2100. The number of rotatable bonds is 6. The van der Waals surface area contributed by atoms with Gasteiger partial charge in [-0.05, 0) is 64.7 Å². The zero-order valence-electron chi connectivity index (χ0n) is 26.0. The zero-order valence-corrected chi connectivity index (χ0v) is 26.0. The molecule has 2 aliphatic carbocycles. The molecule has 3 fully saturated rings. The number of pyridine rings is 1. The van der Waals surface area contributed by atoms with Crippen LogP contribution in [0.15, 0.2) is 48.0 Å². The van der Waals surface area contributed by atoms with Gasteiger partial charge in [0.1, 0.15) is 23.7 Å². The molecule has 0 unspecified atom stereocenters. The second-order valence-electron chi connectivity index (χ2n) is 12.9. The highest BCUT2D eigenvalue weighted by molar-refractivity contribution is 5.98. The predicted molar refractivity (Wildman–Crippen MR) is 173 cm³/mol. The van der Waals surface area contributed by atoms with Crippen molar-refractivity contribution >= 4 is 33.7 Å². The molecule has 1 amide bonds. The van der Waals surface area contributed by atoms with E-state index in [9.17, 15) is 9.59 Å². The van der Waals surface area contributed by atoms with E-state index >= 15 is 4.39 Å². The first-order valence-electron chi connectivity index (χ1n) is 15.9. The summed E-state index contributed by atoms with van der Waals surface area (Å²) in [5.41, 5.74) is 4.22. The number of carbonyl (C=O) groups is 1. The Labute approximate surface area is 264 Å². The van der Waals surface area contributed by atoms with Gasteiger partial charge in [-0.3, -0.25) is 9.89 Å². The minimum atomic E-state index is -0.538. The fraction of sp³-hybridized carbons (Fsp3) is 0.382. The number of fused-ring (bicyclic) bond motifs is 2. The van der Waals surface area contributed by atoms with Crippen molar-refractivity contribution in [3.8, 4) is 16.9 Å². The second-order valence-corrected chi connectivity index (χ2v) is 12.9. The van der Waals surface area contributed by atoms with Gasteiger partial charge in [-0.2, -0.15) is 10.1 Å². The van der Waals surface area contributed by atoms with Crippen LogP contribution >= 0.6 is 0 Å². The third kappa shape index (κ3) is 4.49. The Balaban J connectivity index is 1.41. The van der Waals surface area contributed by atoms with Gasteiger partial charge in [0.25, 0.3) is 0 Å². The Morgan fingerprint density at radius 2 is 1.76 bits per heavy atom. The standard InChI is InChI=1S/C34H34FN9O2/c1-5-26(45)42-14-18(3)43(15-17(42)2)32-23-13-24(35)30(22-7-6-8-25-27(22)19(4)40-41-25)38-33(23)44(34(46)39-32)31-28(20-9-10-20)36-16-37-29(31)21-11-12-21/h5-8,13,16-18,20-21H,1,9-12,14-15H2,2-4H3,(H,40,41)/t17-,18+/m1/s1. The molecular weight excluding hydrogens is 585 g/mol. The molecule has 2 saturated carbocycles. The number of anilines is 1.